The third-order valence-electron chi connectivity index (χ3n) is 5.40. The number of benzene rings is 1. The van der Waals surface area contributed by atoms with Crippen molar-refractivity contribution in [3.63, 3.8) is 0 Å². The van der Waals surface area contributed by atoms with Crippen molar-refractivity contribution in [2.24, 2.45) is 9.98 Å². The molecule has 2 unspecified atom stereocenters. The van der Waals surface area contributed by atoms with Gasteiger partial charge in [-0.25, -0.2) is 4.99 Å². The van der Waals surface area contributed by atoms with Gasteiger partial charge in [0.1, 0.15) is 0 Å². The maximum atomic E-state index is 4.80. The summed E-state index contributed by atoms with van der Waals surface area (Å²) in [5, 5.41) is 0. The summed E-state index contributed by atoms with van der Waals surface area (Å²) in [5.41, 5.74) is 6.84. The van der Waals surface area contributed by atoms with Crippen molar-refractivity contribution in [1.82, 2.24) is 0 Å². The lowest BCUT2D eigenvalue weighted by Gasteiger charge is -2.28. The first-order valence-electron chi connectivity index (χ1n) is 10.5. The Morgan fingerprint density at radius 3 is 1.77 bits per heavy atom. The molecule has 0 aliphatic carbocycles. The van der Waals surface area contributed by atoms with Gasteiger partial charge < -0.3 is 0 Å². The minimum atomic E-state index is 0.271. The number of hydrogen-bond acceptors (Lipinski definition) is 2. The average molecular weight is 357 g/mol. The first kappa shape index (κ1) is 22.6. The second-order valence-corrected chi connectivity index (χ2v) is 8.60. The highest BCUT2D eigenvalue weighted by Crippen LogP contribution is 2.44. The second kappa shape index (κ2) is 10.1. The molecule has 0 spiro atoms. The van der Waals surface area contributed by atoms with E-state index in [4.69, 9.17) is 4.99 Å². The maximum absolute atomic E-state index is 4.80. The van der Waals surface area contributed by atoms with Crippen LogP contribution < -0.4 is 0 Å². The molecule has 2 atom stereocenters. The molecular weight excluding hydrogens is 316 g/mol. The van der Waals surface area contributed by atoms with Crippen LogP contribution >= 0.6 is 0 Å². The molecule has 0 N–H and O–H groups in total. The Labute approximate surface area is 162 Å². The maximum Gasteiger partial charge on any atom is 0.0951 e. The van der Waals surface area contributed by atoms with Crippen LogP contribution in [0.25, 0.3) is 0 Å². The fourth-order valence-electron chi connectivity index (χ4n) is 3.40. The molecule has 1 aromatic carbocycles. The monoisotopic (exact) mass is 356 g/mol. The normalized spacial score (nSPS) is 13.9. The second-order valence-electron chi connectivity index (χ2n) is 8.60. The number of nitrogens with zero attached hydrogens (tertiary/aromatic N) is 2. The van der Waals surface area contributed by atoms with Crippen LogP contribution in [0.3, 0.4) is 0 Å². The summed E-state index contributed by atoms with van der Waals surface area (Å²) in [5.74, 6) is 1.91. The van der Waals surface area contributed by atoms with Crippen LogP contribution in [0.4, 0.5) is 5.69 Å². The highest BCUT2D eigenvalue weighted by atomic mass is 14.8. The van der Waals surface area contributed by atoms with Crippen LogP contribution in [-0.2, 0) is 0 Å². The van der Waals surface area contributed by atoms with Gasteiger partial charge in [-0.3, -0.25) is 0 Å². The molecule has 0 saturated carbocycles. The zero-order chi connectivity index (χ0) is 20.0. The summed E-state index contributed by atoms with van der Waals surface area (Å²) in [4.78, 5) is 9.27. The summed E-state index contributed by atoms with van der Waals surface area (Å²) < 4.78 is 0. The summed E-state index contributed by atoms with van der Waals surface area (Å²) >= 11 is 0. The van der Waals surface area contributed by atoms with E-state index in [1.807, 2.05) is 0 Å². The predicted octanol–water partition coefficient (Wildman–Crippen LogP) is 8.17. The minimum absolute atomic E-state index is 0.271. The summed E-state index contributed by atoms with van der Waals surface area (Å²) in [7, 11) is 0. The Hall–Kier alpha value is -1.40. The molecule has 2 nitrogen and oxygen atoms in total. The van der Waals surface area contributed by atoms with E-state index in [1.165, 1.54) is 22.3 Å². The third-order valence-corrected chi connectivity index (χ3v) is 5.40. The highest BCUT2D eigenvalue weighted by Gasteiger charge is 2.25. The van der Waals surface area contributed by atoms with E-state index in [0.717, 1.165) is 18.5 Å². The van der Waals surface area contributed by atoms with Gasteiger partial charge in [-0.1, -0.05) is 68.4 Å². The predicted molar refractivity (Wildman–Crippen MR) is 117 cm³/mol. The molecule has 0 aromatic heterocycles. The van der Waals surface area contributed by atoms with Gasteiger partial charge in [0.15, 0.2) is 0 Å². The average Bonchev–Trinajstić information content (AvgIpc) is 2.58. The zero-order valence-corrected chi connectivity index (χ0v) is 18.8. The summed E-state index contributed by atoms with van der Waals surface area (Å²) in [6.45, 7) is 22.6. The van der Waals surface area contributed by atoms with Gasteiger partial charge in [0.25, 0.3) is 0 Å². The van der Waals surface area contributed by atoms with Gasteiger partial charge in [0, 0.05) is 0 Å². The van der Waals surface area contributed by atoms with Crippen LogP contribution in [-0.4, -0.2) is 12.1 Å². The largest absolute Gasteiger partial charge is 0.222 e. The molecular formula is C24H40N2. The Bertz CT molecular complexity index is 647. The van der Waals surface area contributed by atoms with Gasteiger partial charge in [0.05, 0.1) is 17.7 Å². The molecule has 0 heterocycles. The first-order valence-corrected chi connectivity index (χ1v) is 10.5. The van der Waals surface area contributed by atoms with Crippen LogP contribution in [0, 0.1) is 0 Å². The van der Waals surface area contributed by atoms with E-state index in [9.17, 15) is 0 Å². The fourth-order valence-corrected chi connectivity index (χ4v) is 3.40. The first-order chi connectivity index (χ1) is 12.1. The van der Waals surface area contributed by atoms with E-state index < -0.39 is 0 Å². The molecule has 146 valence electrons. The van der Waals surface area contributed by atoms with E-state index in [0.29, 0.717) is 23.7 Å². The van der Waals surface area contributed by atoms with E-state index in [2.05, 4.69) is 86.3 Å². The molecule has 0 amide bonds. The van der Waals surface area contributed by atoms with Gasteiger partial charge in [0.2, 0.25) is 0 Å². The topological polar surface area (TPSA) is 24.7 Å². The summed E-state index contributed by atoms with van der Waals surface area (Å²) in [6.07, 6.45) is 2.16. The van der Waals surface area contributed by atoms with Crippen molar-refractivity contribution < 1.29 is 0 Å². The molecule has 0 bridgehead atoms. The van der Waals surface area contributed by atoms with E-state index in [-0.39, 0.29) is 6.04 Å². The highest BCUT2D eigenvalue weighted by molar-refractivity contribution is 5.67. The van der Waals surface area contributed by atoms with E-state index in [1.54, 1.807) is 0 Å². The molecule has 0 radical (unpaired) electrons. The van der Waals surface area contributed by atoms with Crippen molar-refractivity contribution in [2.75, 3.05) is 0 Å². The lowest BCUT2D eigenvalue weighted by molar-refractivity contribution is 0.680. The van der Waals surface area contributed by atoms with Crippen molar-refractivity contribution in [3.8, 4) is 0 Å². The van der Waals surface area contributed by atoms with Crippen LogP contribution in [0.5, 0.6) is 0 Å². The van der Waals surface area contributed by atoms with Crippen LogP contribution in [0.15, 0.2) is 16.1 Å². The molecule has 2 heteroatoms. The fraction of sp³-hybridized carbons (Fsp3) is 0.708. The molecule has 1 rings (SSSR count). The molecule has 0 fully saturated rings. The lowest BCUT2D eigenvalue weighted by Crippen LogP contribution is -2.10. The van der Waals surface area contributed by atoms with Crippen molar-refractivity contribution in [1.29, 1.82) is 0 Å². The van der Waals surface area contributed by atoms with Gasteiger partial charge in [-0.15, -0.1) is 0 Å². The number of hydrogen-bond donors (Lipinski definition) is 0. The van der Waals surface area contributed by atoms with Gasteiger partial charge >= 0.3 is 0 Å². The smallest absolute Gasteiger partial charge is 0.0951 e. The molecule has 1 aromatic rings. The lowest BCUT2D eigenvalue weighted by atomic mass is 9.78. The Morgan fingerprint density at radius 2 is 1.35 bits per heavy atom. The molecule has 0 aliphatic heterocycles. The van der Waals surface area contributed by atoms with Crippen LogP contribution in [0.2, 0.25) is 0 Å². The van der Waals surface area contributed by atoms with Crippen molar-refractivity contribution in [3.05, 3.63) is 28.3 Å². The Balaban J connectivity index is 3.87. The van der Waals surface area contributed by atoms with Crippen molar-refractivity contribution >= 4 is 11.7 Å². The Morgan fingerprint density at radius 1 is 0.769 bits per heavy atom. The van der Waals surface area contributed by atoms with Crippen molar-refractivity contribution in [2.45, 2.75) is 112 Å². The van der Waals surface area contributed by atoms with Gasteiger partial charge in [-0.05, 0) is 65.7 Å². The Kier molecular flexibility index (Phi) is 8.77. The number of rotatable bonds is 8. The SMILES string of the molecule is CCC(C)N=C=Nc1c(C(C)C)cc(C(C)C)c(C(C)CC)c1C(C)C. The zero-order valence-electron chi connectivity index (χ0n) is 18.8. The molecule has 26 heavy (non-hydrogen) atoms. The summed E-state index contributed by atoms with van der Waals surface area (Å²) in [6, 6.07) is 5.71. The number of aliphatic imine (C=N–C) groups is 2. The quantitative estimate of drug-likeness (QED) is 0.419. The van der Waals surface area contributed by atoms with Crippen LogP contribution in [0.1, 0.15) is 128 Å². The third kappa shape index (κ3) is 5.30. The minimum Gasteiger partial charge on any atom is -0.222 e. The van der Waals surface area contributed by atoms with E-state index >= 15 is 0 Å². The molecule has 0 saturated heterocycles. The molecule has 0 aliphatic rings. The van der Waals surface area contributed by atoms with Gasteiger partial charge in [-0.2, -0.15) is 4.99 Å². The standard InChI is InChI=1S/C24H40N2/c1-11-18(9)23-20(15(3)4)13-21(16(5)6)24(22(23)17(7)8)26-14-25-19(10)12-2/h13,15-19H,11-12H2,1-10H3.